The molecule has 7 heteroatoms. The van der Waals surface area contributed by atoms with E-state index in [-0.39, 0.29) is 41.3 Å². The van der Waals surface area contributed by atoms with Gasteiger partial charge in [-0.25, -0.2) is 0 Å². The second-order valence-corrected chi connectivity index (χ2v) is 6.19. The number of esters is 1. The Labute approximate surface area is 163 Å². The fraction of sp³-hybridized carbons (Fsp3) is 0.882. The second kappa shape index (κ2) is 11.1. The van der Waals surface area contributed by atoms with Gasteiger partial charge in [-0.3, -0.25) is 9.79 Å². The van der Waals surface area contributed by atoms with Crippen LogP contribution in [-0.2, 0) is 14.3 Å². The first-order valence-corrected chi connectivity index (χ1v) is 8.65. The van der Waals surface area contributed by atoms with Crippen LogP contribution in [0.1, 0.15) is 47.0 Å². The third-order valence-corrected chi connectivity index (χ3v) is 5.18. The summed E-state index contributed by atoms with van der Waals surface area (Å²) in [5, 5.41) is 6.72. The van der Waals surface area contributed by atoms with Crippen molar-refractivity contribution in [2.24, 2.45) is 16.3 Å². The van der Waals surface area contributed by atoms with Gasteiger partial charge in [0.15, 0.2) is 5.96 Å². The van der Waals surface area contributed by atoms with E-state index in [1.54, 1.807) is 7.05 Å². The number of guanidine groups is 1. The summed E-state index contributed by atoms with van der Waals surface area (Å²) in [6.07, 6.45) is 3.44. The SMILES string of the molecule is CCOC1CC(NC(=NC)NCC(C)C(=O)OC)C1(CC)CC.I. The molecule has 2 N–H and O–H groups in total. The molecular weight excluding hydrogens is 421 g/mol. The highest BCUT2D eigenvalue weighted by Crippen LogP contribution is 2.48. The van der Waals surface area contributed by atoms with Gasteiger partial charge in [0.2, 0.25) is 0 Å². The van der Waals surface area contributed by atoms with Crippen LogP contribution in [0.4, 0.5) is 0 Å². The highest BCUT2D eigenvalue weighted by molar-refractivity contribution is 14.0. The van der Waals surface area contributed by atoms with Crippen molar-refractivity contribution in [1.29, 1.82) is 0 Å². The molecule has 0 aromatic rings. The minimum atomic E-state index is -0.218. The molecule has 0 heterocycles. The van der Waals surface area contributed by atoms with Crippen molar-refractivity contribution in [1.82, 2.24) is 10.6 Å². The number of methoxy groups -OCH3 is 1. The highest BCUT2D eigenvalue weighted by atomic mass is 127. The van der Waals surface area contributed by atoms with Crippen LogP contribution in [0.25, 0.3) is 0 Å². The quantitative estimate of drug-likeness (QED) is 0.255. The molecule has 142 valence electrons. The molecule has 1 fully saturated rings. The van der Waals surface area contributed by atoms with Crippen LogP contribution in [0.5, 0.6) is 0 Å². The third kappa shape index (κ3) is 5.21. The van der Waals surface area contributed by atoms with Crippen molar-refractivity contribution in [3.8, 4) is 0 Å². The van der Waals surface area contributed by atoms with Crippen molar-refractivity contribution in [3.05, 3.63) is 0 Å². The van der Waals surface area contributed by atoms with Crippen LogP contribution in [0.15, 0.2) is 4.99 Å². The molecule has 1 rings (SSSR count). The number of rotatable bonds is 8. The van der Waals surface area contributed by atoms with E-state index >= 15 is 0 Å². The van der Waals surface area contributed by atoms with E-state index in [9.17, 15) is 4.79 Å². The van der Waals surface area contributed by atoms with Gasteiger partial charge in [0.05, 0.1) is 19.1 Å². The molecule has 3 unspecified atom stereocenters. The zero-order chi connectivity index (χ0) is 17.5. The van der Waals surface area contributed by atoms with E-state index in [2.05, 4.69) is 29.5 Å². The highest BCUT2D eigenvalue weighted by Gasteiger charge is 2.53. The molecule has 0 saturated heterocycles. The monoisotopic (exact) mass is 455 g/mol. The maximum Gasteiger partial charge on any atom is 0.310 e. The lowest BCUT2D eigenvalue weighted by Gasteiger charge is -2.55. The molecule has 0 amide bonds. The average molecular weight is 455 g/mol. The summed E-state index contributed by atoms with van der Waals surface area (Å²) in [5.41, 5.74) is 0.154. The first kappa shape index (κ1) is 23.4. The van der Waals surface area contributed by atoms with Crippen LogP contribution in [0.2, 0.25) is 0 Å². The van der Waals surface area contributed by atoms with Gasteiger partial charge in [0.25, 0.3) is 0 Å². The fourth-order valence-electron chi connectivity index (χ4n) is 3.48. The Kier molecular flexibility index (Phi) is 10.9. The molecule has 0 spiro atoms. The van der Waals surface area contributed by atoms with Crippen molar-refractivity contribution >= 4 is 35.9 Å². The van der Waals surface area contributed by atoms with Crippen LogP contribution >= 0.6 is 24.0 Å². The Morgan fingerprint density at radius 1 is 1.33 bits per heavy atom. The molecular formula is C17H34IN3O3. The summed E-state index contributed by atoms with van der Waals surface area (Å²) in [4.78, 5) is 15.7. The molecule has 24 heavy (non-hydrogen) atoms. The van der Waals surface area contributed by atoms with Crippen LogP contribution in [0.3, 0.4) is 0 Å². The van der Waals surface area contributed by atoms with E-state index in [0.29, 0.717) is 18.7 Å². The van der Waals surface area contributed by atoms with Crippen LogP contribution in [-0.4, -0.2) is 51.4 Å². The Bertz CT molecular complexity index is 414. The second-order valence-electron chi connectivity index (χ2n) is 6.19. The van der Waals surface area contributed by atoms with E-state index in [4.69, 9.17) is 9.47 Å². The van der Waals surface area contributed by atoms with Gasteiger partial charge in [0, 0.05) is 31.7 Å². The van der Waals surface area contributed by atoms with E-state index < -0.39 is 0 Å². The van der Waals surface area contributed by atoms with Gasteiger partial charge < -0.3 is 20.1 Å². The van der Waals surface area contributed by atoms with Gasteiger partial charge in [-0.2, -0.15) is 0 Å². The predicted octanol–water partition coefficient (Wildman–Crippen LogP) is 2.56. The van der Waals surface area contributed by atoms with Gasteiger partial charge in [0.1, 0.15) is 0 Å². The number of hydrogen-bond donors (Lipinski definition) is 2. The van der Waals surface area contributed by atoms with Crippen molar-refractivity contribution in [2.75, 3.05) is 27.3 Å². The summed E-state index contributed by atoms with van der Waals surface area (Å²) in [5.74, 6) is 0.301. The first-order chi connectivity index (χ1) is 11.0. The van der Waals surface area contributed by atoms with Gasteiger partial charge in [-0.15, -0.1) is 24.0 Å². The lowest BCUT2D eigenvalue weighted by molar-refractivity contribution is -0.144. The zero-order valence-corrected chi connectivity index (χ0v) is 18.2. The number of carbonyl (C=O) groups excluding carboxylic acids is 1. The molecule has 0 radical (unpaired) electrons. The number of nitrogens with zero attached hydrogens (tertiary/aromatic N) is 1. The largest absolute Gasteiger partial charge is 0.469 e. The van der Waals surface area contributed by atoms with Crippen molar-refractivity contribution in [2.45, 2.75) is 59.1 Å². The number of nitrogens with one attached hydrogen (secondary N) is 2. The molecule has 1 aliphatic rings. The Hall–Kier alpha value is -0.570. The average Bonchev–Trinajstić information content (AvgIpc) is 2.56. The number of ether oxygens (including phenoxy) is 2. The Balaban J connectivity index is 0.00000529. The molecule has 1 saturated carbocycles. The Morgan fingerprint density at radius 3 is 2.42 bits per heavy atom. The molecule has 6 nitrogen and oxygen atoms in total. The third-order valence-electron chi connectivity index (χ3n) is 5.18. The smallest absolute Gasteiger partial charge is 0.310 e. The van der Waals surface area contributed by atoms with Crippen molar-refractivity contribution < 1.29 is 14.3 Å². The standard InChI is InChI=1S/C17H33N3O3.HI/c1-7-17(8-2)13(10-14(17)23-9-3)20-16(18-5)19-11-12(4)15(21)22-6;/h12-14H,7-11H2,1-6H3,(H2,18,19,20);1H. The van der Waals surface area contributed by atoms with Gasteiger partial charge in [-0.1, -0.05) is 20.8 Å². The van der Waals surface area contributed by atoms with E-state index in [0.717, 1.165) is 31.8 Å². The number of hydrogen-bond acceptors (Lipinski definition) is 4. The summed E-state index contributed by atoms with van der Waals surface area (Å²) < 4.78 is 10.6. The number of carbonyl (C=O) groups is 1. The topological polar surface area (TPSA) is 72.0 Å². The predicted molar refractivity (Wildman–Crippen MR) is 108 cm³/mol. The molecule has 3 atom stereocenters. The lowest BCUT2D eigenvalue weighted by Crippen LogP contribution is -2.65. The maximum atomic E-state index is 11.5. The normalized spacial score (nSPS) is 23.5. The van der Waals surface area contributed by atoms with E-state index in [1.165, 1.54) is 7.11 Å². The van der Waals surface area contributed by atoms with Crippen molar-refractivity contribution in [3.63, 3.8) is 0 Å². The first-order valence-electron chi connectivity index (χ1n) is 8.65. The summed E-state index contributed by atoms with van der Waals surface area (Å²) in [6, 6.07) is 0.341. The van der Waals surface area contributed by atoms with Crippen LogP contribution < -0.4 is 10.6 Å². The fourth-order valence-corrected chi connectivity index (χ4v) is 3.48. The molecule has 0 aromatic carbocycles. The molecule has 1 aliphatic carbocycles. The summed E-state index contributed by atoms with van der Waals surface area (Å²) >= 11 is 0. The maximum absolute atomic E-state index is 11.5. The number of aliphatic imine (C=N–C) groups is 1. The lowest BCUT2D eigenvalue weighted by atomic mass is 9.58. The molecule has 0 aromatic heterocycles. The minimum Gasteiger partial charge on any atom is -0.469 e. The summed E-state index contributed by atoms with van der Waals surface area (Å²) in [6.45, 7) is 9.58. The van der Waals surface area contributed by atoms with Crippen LogP contribution in [0, 0.1) is 11.3 Å². The minimum absolute atomic E-state index is 0. The molecule has 0 bridgehead atoms. The molecule has 0 aliphatic heterocycles. The number of halogens is 1. The Morgan fingerprint density at radius 2 is 1.96 bits per heavy atom. The van der Waals surface area contributed by atoms with Gasteiger partial charge in [-0.05, 0) is 26.2 Å². The van der Waals surface area contributed by atoms with E-state index in [1.807, 2.05) is 13.8 Å². The van der Waals surface area contributed by atoms with Gasteiger partial charge >= 0.3 is 5.97 Å². The summed E-state index contributed by atoms with van der Waals surface area (Å²) in [7, 11) is 3.15. The zero-order valence-electron chi connectivity index (χ0n) is 15.8.